The Morgan fingerprint density at radius 1 is 1.23 bits per heavy atom. The summed E-state index contributed by atoms with van der Waals surface area (Å²) in [4.78, 5) is 16.9. The Kier molecular flexibility index (Phi) is 5.16. The van der Waals surface area contributed by atoms with E-state index in [0.29, 0.717) is 16.1 Å². The van der Waals surface area contributed by atoms with Crippen molar-refractivity contribution in [2.24, 2.45) is 0 Å². The molecule has 0 unspecified atom stereocenters. The summed E-state index contributed by atoms with van der Waals surface area (Å²) in [6.07, 6.45) is 2.59. The molecule has 0 saturated heterocycles. The molecule has 0 fully saturated rings. The highest BCUT2D eigenvalue weighted by Crippen LogP contribution is 2.35. The predicted molar refractivity (Wildman–Crippen MR) is 106 cm³/mol. The maximum absolute atomic E-state index is 14.7. The van der Waals surface area contributed by atoms with Crippen LogP contribution in [0.3, 0.4) is 0 Å². The van der Waals surface area contributed by atoms with Crippen LogP contribution in [0.15, 0.2) is 58.3 Å². The molecule has 0 saturated carbocycles. The Bertz CT molecular complexity index is 1280. The number of fused-ring (bicyclic) bond motifs is 1. The van der Waals surface area contributed by atoms with Crippen molar-refractivity contribution in [3.05, 3.63) is 81.1 Å². The summed E-state index contributed by atoms with van der Waals surface area (Å²) < 4.78 is 31.1. The second-order valence-corrected chi connectivity index (χ2v) is 7.73. The van der Waals surface area contributed by atoms with Gasteiger partial charge in [0, 0.05) is 16.1 Å². The van der Waals surface area contributed by atoms with Crippen molar-refractivity contribution in [3.63, 3.8) is 0 Å². The minimum Gasteiger partial charge on any atom is -0.381 e. The lowest BCUT2D eigenvalue weighted by molar-refractivity contribution is -0.0390. The van der Waals surface area contributed by atoms with Gasteiger partial charge in [-0.1, -0.05) is 27.2 Å². The van der Waals surface area contributed by atoms with E-state index in [1.165, 1.54) is 24.3 Å². The number of rotatable bonds is 5. The lowest BCUT2D eigenvalue weighted by atomic mass is 9.86. The molecule has 0 radical (unpaired) electrons. The third kappa shape index (κ3) is 3.50. The molecule has 0 spiro atoms. The molecule has 4 aromatic rings. The van der Waals surface area contributed by atoms with Crippen LogP contribution in [0.2, 0.25) is 0 Å². The van der Waals surface area contributed by atoms with Gasteiger partial charge in [0.05, 0.1) is 18.0 Å². The number of aliphatic hydroxyl groups is 1. The van der Waals surface area contributed by atoms with Gasteiger partial charge in [0.1, 0.15) is 35.4 Å². The molecule has 0 aliphatic rings. The number of halogens is 3. The van der Waals surface area contributed by atoms with Crippen LogP contribution in [0.5, 0.6) is 0 Å². The molecule has 0 aliphatic carbocycles. The smallest absolute Gasteiger partial charge is 0.278 e. The first-order valence-electron chi connectivity index (χ1n) is 8.84. The van der Waals surface area contributed by atoms with Gasteiger partial charge in [-0.05, 0) is 31.2 Å². The molecule has 0 bridgehead atoms. The third-order valence-electron chi connectivity index (χ3n) is 4.97. The zero-order valence-corrected chi connectivity index (χ0v) is 17.2. The van der Waals surface area contributed by atoms with Crippen LogP contribution < -0.4 is 5.56 Å². The van der Waals surface area contributed by atoms with Crippen molar-refractivity contribution in [1.82, 2.24) is 29.8 Å². The van der Waals surface area contributed by atoms with Crippen LogP contribution in [-0.2, 0) is 12.1 Å². The number of nitrogens with zero attached hydrogens (tertiary/aromatic N) is 6. The highest BCUT2D eigenvalue weighted by molar-refractivity contribution is 9.10. The number of aromatic nitrogens is 6. The minimum absolute atomic E-state index is 0.213. The maximum atomic E-state index is 14.7. The zero-order chi connectivity index (χ0) is 21.5. The van der Waals surface area contributed by atoms with Gasteiger partial charge >= 0.3 is 0 Å². The van der Waals surface area contributed by atoms with Gasteiger partial charge in [-0.15, -0.1) is 5.10 Å². The van der Waals surface area contributed by atoms with E-state index in [1.807, 2.05) is 0 Å². The summed E-state index contributed by atoms with van der Waals surface area (Å²) in [6, 6.07) is 6.68. The van der Waals surface area contributed by atoms with Gasteiger partial charge in [-0.2, -0.15) is 5.10 Å². The topological polar surface area (TPSA) is 98.7 Å². The summed E-state index contributed by atoms with van der Waals surface area (Å²) in [5.74, 6) is -1.76. The first-order chi connectivity index (χ1) is 14.3. The van der Waals surface area contributed by atoms with Gasteiger partial charge in [-0.25, -0.2) is 23.1 Å². The summed E-state index contributed by atoms with van der Waals surface area (Å²) >= 11 is 3.31. The fourth-order valence-electron chi connectivity index (χ4n) is 3.33. The van der Waals surface area contributed by atoms with Crippen molar-refractivity contribution in [2.45, 2.75) is 25.1 Å². The molecule has 2 atom stereocenters. The van der Waals surface area contributed by atoms with Crippen molar-refractivity contribution in [1.29, 1.82) is 0 Å². The van der Waals surface area contributed by atoms with E-state index in [0.717, 1.165) is 16.8 Å². The molecular weight excluding hydrogens is 462 g/mol. The van der Waals surface area contributed by atoms with E-state index in [1.54, 1.807) is 18.2 Å². The highest BCUT2D eigenvalue weighted by Gasteiger charge is 2.41. The van der Waals surface area contributed by atoms with Crippen LogP contribution in [0.25, 0.3) is 10.9 Å². The van der Waals surface area contributed by atoms with Gasteiger partial charge in [0.15, 0.2) is 0 Å². The Balaban J connectivity index is 1.90. The fraction of sp³-hybridized carbons (Fsp3) is 0.211. The van der Waals surface area contributed by atoms with E-state index in [9.17, 15) is 18.7 Å². The maximum Gasteiger partial charge on any atom is 0.278 e. The van der Waals surface area contributed by atoms with Crippen LogP contribution in [0, 0.1) is 11.6 Å². The number of hydrogen-bond acceptors (Lipinski definition) is 6. The van der Waals surface area contributed by atoms with E-state index in [4.69, 9.17) is 0 Å². The van der Waals surface area contributed by atoms with Crippen LogP contribution in [0.4, 0.5) is 8.78 Å². The minimum atomic E-state index is -2.02. The fourth-order valence-corrected chi connectivity index (χ4v) is 3.69. The lowest BCUT2D eigenvalue weighted by Gasteiger charge is -2.34. The van der Waals surface area contributed by atoms with Crippen LogP contribution in [0.1, 0.15) is 18.5 Å². The van der Waals surface area contributed by atoms with Crippen molar-refractivity contribution >= 4 is 26.8 Å². The van der Waals surface area contributed by atoms with Gasteiger partial charge < -0.3 is 5.11 Å². The highest BCUT2D eigenvalue weighted by atomic mass is 79.9. The van der Waals surface area contributed by atoms with E-state index >= 15 is 0 Å². The summed E-state index contributed by atoms with van der Waals surface area (Å²) in [5, 5.41) is 23.8. The second kappa shape index (κ2) is 7.65. The van der Waals surface area contributed by atoms with Gasteiger partial charge in [0.2, 0.25) is 0 Å². The number of benzene rings is 2. The molecule has 4 rings (SSSR count). The molecule has 0 aliphatic heterocycles. The Labute approximate surface area is 176 Å². The van der Waals surface area contributed by atoms with Gasteiger partial charge in [0.25, 0.3) is 5.56 Å². The molecule has 8 nitrogen and oxygen atoms in total. The van der Waals surface area contributed by atoms with Crippen LogP contribution in [-0.4, -0.2) is 34.9 Å². The zero-order valence-electron chi connectivity index (χ0n) is 15.6. The molecule has 2 heterocycles. The normalized spacial score (nSPS) is 14.6. The Hall–Kier alpha value is -3.05. The summed E-state index contributed by atoms with van der Waals surface area (Å²) in [7, 11) is 0. The number of hydrogen-bond donors (Lipinski definition) is 1. The third-order valence-corrected chi connectivity index (χ3v) is 5.46. The SMILES string of the molecule is C[C@@H](n1nnc2ccc(Br)cc2c1=O)[C@](O)(Cn1cncn1)c1ccc(F)cc1F. The van der Waals surface area contributed by atoms with Crippen LogP contribution >= 0.6 is 15.9 Å². The van der Waals surface area contributed by atoms with E-state index in [2.05, 4.69) is 36.3 Å². The standard InChI is InChI=1S/C19H15BrF2N6O2/c1-11(28-18(29)14-6-12(20)2-5-17(14)25-26-28)19(30,8-27-10-23-9-24-27)15-4-3-13(21)7-16(15)22/h2-7,9-11,30H,8H2,1H3/t11-,19-/m1/s1. The van der Waals surface area contributed by atoms with Crippen molar-refractivity contribution in [2.75, 3.05) is 0 Å². The molecule has 30 heavy (non-hydrogen) atoms. The summed E-state index contributed by atoms with van der Waals surface area (Å²) in [6.45, 7) is 1.24. The monoisotopic (exact) mass is 476 g/mol. The van der Waals surface area contributed by atoms with E-state index < -0.39 is 28.8 Å². The molecule has 1 N–H and O–H groups in total. The molecule has 0 amide bonds. The predicted octanol–water partition coefficient (Wildman–Crippen LogP) is 2.57. The lowest BCUT2D eigenvalue weighted by Crippen LogP contribution is -2.44. The largest absolute Gasteiger partial charge is 0.381 e. The molecule has 154 valence electrons. The van der Waals surface area contributed by atoms with Gasteiger partial charge in [-0.3, -0.25) is 4.79 Å². The molecule has 11 heteroatoms. The Morgan fingerprint density at radius 3 is 2.73 bits per heavy atom. The average Bonchev–Trinajstić information content (AvgIpc) is 3.21. The first-order valence-corrected chi connectivity index (χ1v) is 9.64. The van der Waals surface area contributed by atoms with E-state index in [-0.39, 0.29) is 17.5 Å². The van der Waals surface area contributed by atoms with Crippen molar-refractivity contribution in [3.8, 4) is 0 Å². The molecule has 2 aromatic heterocycles. The molecular formula is C19H15BrF2N6O2. The average molecular weight is 477 g/mol. The molecule has 2 aromatic carbocycles. The first kappa shape index (κ1) is 20.2. The quantitative estimate of drug-likeness (QED) is 0.475. The second-order valence-electron chi connectivity index (χ2n) is 6.82. The Morgan fingerprint density at radius 2 is 2.03 bits per heavy atom. The summed E-state index contributed by atoms with van der Waals surface area (Å²) in [5.41, 5.74) is -2.38. The van der Waals surface area contributed by atoms with Crippen molar-refractivity contribution < 1.29 is 13.9 Å².